The van der Waals surface area contributed by atoms with Crippen molar-refractivity contribution in [2.45, 2.75) is 19.8 Å². The van der Waals surface area contributed by atoms with Crippen molar-refractivity contribution >= 4 is 29.3 Å². The van der Waals surface area contributed by atoms with E-state index in [2.05, 4.69) is 10.2 Å². The zero-order valence-electron chi connectivity index (χ0n) is 13.2. The monoisotopic (exact) mass is 339 g/mol. The average molecular weight is 340 g/mol. The maximum atomic E-state index is 12.2. The molecule has 0 saturated carbocycles. The molecular formula is C16H22ClN3O3. The molecule has 1 aliphatic rings. The predicted molar refractivity (Wildman–Crippen MR) is 90.1 cm³/mol. The molecule has 126 valence electrons. The van der Waals surface area contributed by atoms with Crippen molar-refractivity contribution in [2.75, 3.05) is 38.0 Å². The zero-order chi connectivity index (χ0) is 16.8. The summed E-state index contributed by atoms with van der Waals surface area (Å²) in [6, 6.07) is 5.33. The second-order valence-electron chi connectivity index (χ2n) is 5.72. The molecule has 2 amide bonds. The van der Waals surface area contributed by atoms with Gasteiger partial charge in [-0.05, 0) is 37.6 Å². The van der Waals surface area contributed by atoms with Crippen LogP contribution in [0.2, 0.25) is 5.02 Å². The highest BCUT2D eigenvalue weighted by molar-refractivity contribution is 6.31. The van der Waals surface area contributed by atoms with Gasteiger partial charge in [-0.3, -0.25) is 9.69 Å². The number of nitrogens with one attached hydrogen (secondary N) is 1. The van der Waals surface area contributed by atoms with Crippen molar-refractivity contribution in [3.63, 3.8) is 0 Å². The number of anilines is 1. The highest BCUT2D eigenvalue weighted by Crippen LogP contribution is 2.20. The third kappa shape index (κ3) is 5.41. The number of carbonyl (C=O) groups is 2. The molecule has 2 N–H and O–H groups in total. The van der Waals surface area contributed by atoms with E-state index in [-0.39, 0.29) is 12.5 Å². The summed E-state index contributed by atoms with van der Waals surface area (Å²) in [7, 11) is 0. The minimum atomic E-state index is -0.764. The number of amides is 2. The Bertz CT molecular complexity index is 572. The predicted octanol–water partition coefficient (Wildman–Crippen LogP) is 2.66. The second kappa shape index (κ2) is 8.17. The lowest BCUT2D eigenvalue weighted by molar-refractivity contribution is -0.137. The molecule has 0 spiro atoms. The van der Waals surface area contributed by atoms with Crippen molar-refractivity contribution in [1.29, 1.82) is 0 Å². The lowest BCUT2D eigenvalue weighted by atomic mass is 10.2. The van der Waals surface area contributed by atoms with Gasteiger partial charge in [-0.2, -0.15) is 0 Å². The van der Waals surface area contributed by atoms with Crippen LogP contribution >= 0.6 is 11.6 Å². The van der Waals surface area contributed by atoms with Crippen LogP contribution in [-0.2, 0) is 4.79 Å². The van der Waals surface area contributed by atoms with Crippen LogP contribution in [0.25, 0.3) is 0 Å². The van der Waals surface area contributed by atoms with Crippen LogP contribution in [0.5, 0.6) is 0 Å². The summed E-state index contributed by atoms with van der Waals surface area (Å²) in [5.41, 5.74) is 1.66. The molecule has 1 fully saturated rings. The number of hydrogen-bond donors (Lipinski definition) is 2. The minimum absolute atomic E-state index is 0.130. The maximum absolute atomic E-state index is 12.2. The Balaban J connectivity index is 1.77. The summed E-state index contributed by atoms with van der Waals surface area (Å²) in [5, 5.41) is 12.1. The van der Waals surface area contributed by atoms with E-state index in [9.17, 15) is 9.59 Å². The lowest BCUT2D eigenvalue weighted by Crippen LogP contribution is -2.50. The SMILES string of the molecule is Cc1ccc(NC(=O)N2CCN(CCCC(=O)O)CC2)cc1Cl. The molecule has 23 heavy (non-hydrogen) atoms. The molecule has 7 heteroatoms. The molecule has 1 heterocycles. The average Bonchev–Trinajstić information content (AvgIpc) is 2.51. The molecule has 1 aromatic carbocycles. The first-order valence-corrected chi connectivity index (χ1v) is 8.10. The van der Waals surface area contributed by atoms with Crippen LogP contribution in [0.1, 0.15) is 18.4 Å². The van der Waals surface area contributed by atoms with E-state index in [0.29, 0.717) is 30.2 Å². The first kappa shape index (κ1) is 17.6. The van der Waals surface area contributed by atoms with Crippen LogP contribution in [-0.4, -0.2) is 59.6 Å². The van der Waals surface area contributed by atoms with Crippen molar-refractivity contribution < 1.29 is 14.7 Å². The zero-order valence-corrected chi connectivity index (χ0v) is 14.0. The molecule has 0 aromatic heterocycles. The third-order valence-corrected chi connectivity index (χ3v) is 4.35. The molecule has 0 radical (unpaired) electrons. The fraction of sp³-hybridized carbons (Fsp3) is 0.500. The number of nitrogens with zero attached hydrogens (tertiary/aromatic N) is 2. The van der Waals surface area contributed by atoms with Crippen LogP contribution < -0.4 is 5.32 Å². The van der Waals surface area contributed by atoms with Crippen molar-refractivity contribution in [1.82, 2.24) is 9.80 Å². The standard InChI is InChI=1S/C16H22ClN3O3/c1-12-4-5-13(11-14(12)17)18-16(23)20-9-7-19(8-10-20)6-2-3-15(21)22/h4-5,11H,2-3,6-10H2,1H3,(H,18,23)(H,21,22). The van der Waals surface area contributed by atoms with Gasteiger partial charge in [0.2, 0.25) is 0 Å². The summed E-state index contributed by atoms with van der Waals surface area (Å²) in [4.78, 5) is 26.7. The van der Waals surface area contributed by atoms with E-state index in [1.165, 1.54) is 0 Å². The number of hydrogen-bond acceptors (Lipinski definition) is 3. The largest absolute Gasteiger partial charge is 0.481 e. The summed E-state index contributed by atoms with van der Waals surface area (Å²) >= 11 is 6.06. The Labute approximate surface area is 141 Å². The Morgan fingerprint density at radius 2 is 1.96 bits per heavy atom. The third-order valence-electron chi connectivity index (χ3n) is 3.95. The van der Waals surface area contributed by atoms with E-state index >= 15 is 0 Å². The molecule has 0 unspecified atom stereocenters. The number of benzene rings is 1. The maximum Gasteiger partial charge on any atom is 0.321 e. The molecular weight excluding hydrogens is 318 g/mol. The van der Waals surface area contributed by atoms with Gasteiger partial charge >= 0.3 is 12.0 Å². The number of urea groups is 1. The van der Waals surface area contributed by atoms with Gasteiger partial charge < -0.3 is 15.3 Å². The van der Waals surface area contributed by atoms with Gasteiger partial charge in [0.05, 0.1) is 0 Å². The number of aryl methyl sites for hydroxylation is 1. The van der Waals surface area contributed by atoms with E-state index in [1.807, 2.05) is 19.1 Å². The summed E-state index contributed by atoms with van der Waals surface area (Å²) in [6.07, 6.45) is 0.832. The van der Waals surface area contributed by atoms with Crippen LogP contribution in [0.15, 0.2) is 18.2 Å². The van der Waals surface area contributed by atoms with Crippen LogP contribution in [0.3, 0.4) is 0 Å². The van der Waals surface area contributed by atoms with Crippen LogP contribution in [0, 0.1) is 6.92 Å². The Hall–Kier alpha value is -1.79. The van der Waals surface area contributed by atoms with Crippen molar-refractivity contribution in [3.8, 4) is 0 Å². The molecule has 0 aliphatic carbocycles. The number of carboxylic acids is 1. The topological polar surface area (TPSA) is 72.9 Å². The normalized spacial score (nSPS) is 15.5. The highest BCUT2D eigenvalue weighted by atomic mass is 35.5. The van der Waals surface area contributed by atoms with Crippen molar-refractivity contribution in [3.05, 3.63) is 28.8 Å². The first-order chi connectivity index (χ1) is 11.0. The summed E-state index contributed by atoms with van der Waals surface area (Å²) in [6.45, 7) is 5.48. The van der Waals surface area contributed by atoms with Gasteiger partial charge in [0.25, 0.3) is 0 Å². The number of piperazine rings is 1. The van der Waals surface area contributed by atoms with Gasteiger partial charge in [-0.1, -0.05) is 17.7 Å². The fourth-order valence-corrected chi connectivity index (χ4v) is 2.68. The molecule has 1 aliphatic heterocycles. The molecule has 1 saturated heterocycles. The van der Waals surface area contributed by atoms with Crippen molar-refractivity contribution in [2.24, 2.45) is 0 Å². The van der Waals surface area contributed by atoms with E-state index in [0.717, 1.165) is 25.2 Å². The van der Waals surface area contributed by atoms with E-state index < -0.39 is 5.97 Å². The Kier molecular flexibility index (Phi) is 6.24. The van der Waals surface area contributed by atoms with Gasteiger partial charge in [-0.25, -0.2) is 4.79 Å². The lowest BCUT2D eigenvalue weighted by Gasteiger charge is -2.34. The number of halogens is 1. The quantitative estimate of drug-likeness (QED) is 0.865. The van der Waals surface area contributed by atoms with E-state index in [1.54, 1.807) is 11.0 Å². The van der Waals surface area contributed by atoms with E-state index in [4.69, 9.17) is 16.7 Å². The number of carboxylic acid groups (broad SMARTS) is 1. The number of carbonyl (C=O) groups excluding carboxylic acids is 1. The van der Waals surface area contributed by atoms with Gasteiger partial charge in [0.15, 0.2) is 0 Å². The van der Waals surface area contributed by atoms with Gasteiger partial charge in [0, 0.05) is 43.3 Å². The van der Waals surface area contributed by atoms with Crippen LogP contribution in [0.4, 0.5) is 10.5 Å². The summed E-state index contributed by atoms with van der Waals surface area (Å²) < 4.78 is 0. The number of rotatable bonds is 5. The molecule has 6 nitrogen and oxygen atoms in total. The Morgan fingerprint density at radius 1 is 1.26 bits per heavy atom. The Morgan fingerprint density at radius 3 is 2.57 bits per heavy atom. The highest BCUT2D eigenvalue weighted by Gasteiger charge is 2.21. The fourth-order valence-electron chi connectivity index (χ4n) is 2.50. The molecule has 2 rings (SSSR count). The van der Waals surface area contributed by atoms with Gasteiger partial charge in [0.1, 0.15) is 0 Å². The van der Waals surface area contributed by atoms with Gasteiger partial charge in [-0.15, -0.1) is 0 Å². The first-order valence-electron chi connectivity index (χ1n) is 7.72. The number of aliphatic carboxylic acids is 1. The smallest absolute Gasteiger partial charge is 0.321 e. The summed E-state index contributed by atoms with van der Waals surface area (Å²) in [5.74, 6) is -0.764. The molecule has 0 bridgehead atoms. The molecule has 0 atom stereocenters. The minimum Gasteiger partial charge on any atom is -0.481 e. The second-order valence-corrected chi connectivity index (χ2v) is 6.13. The molecule has 1 aromatic rings.